The molecular weight excluding hydrogens is 182 g/mol. The third kappa shape index (κ3) is 2.35. The zero-order valence-corrected chi connectivity index (χ0v) is 8.11. The largest absolute Gasteiger partial charge is 0.467 e. The second-order valence-corrected chi connectivity index (χ2v) is 3.47. The van der Waals surface area contributed by atoms with Gasteiger partial charge in [-0.1, -0.05) is 0 Å². The molecule has 1 saturated heterocycles. The number of hydrogen-bond acceptors (Lipinski definition) is 4. The third-order valence-electron chi connectivity index (χ3n) is 2.37. The van der Waals surface area contributed by atoms with Gasteiger partial charge in [0.15, 0.2) is 0 Å². The molecule has 0 bridgehead atoms. The summed E-state index contributed by atoms with van der Waals surface area (Å²) >= 11 is 0. The van der Waals surface area contributed by atoms with Crippen LogP contribution in [0.3, 0.4) is 0 Å². The molecule has 14 heavy (non-hydrogen) atoms. The number of morpholine rings is 1. The molecule has 1 aliphatic heterocycles. The quantitative estimate of drug-likeness (QED) is 0.771. The predicted molar refractivity (Wildman–Crippen MR) is 50.7 cm³/mol. The summed E-state index contributed by atoms with van der Waals surface area (Å²) in [6.07, 6.45) is 1.71. The molecule has 4 heteroatoms. The Hall–Kier alpha value is -0.840. The highest BCUT2D eigenvalue weighted by molar-refractivity contribution is 5.12. The smallest absolute Gasteiger partial charge is 0.129 e. The summed E-state index contributed by atoms with van der Waals surface area (Å²) in [6, 6.07) is 1.90. The molecule has 2 heterocycles. The van der Waals surface area contributed by atoms with Crippen LogP contribution >= 0.6 is 0 Å². The van der Waals surface area contributed by atoms with E-state index in [0.29, 0.717) is 5.76 Å². The van der Waals surface area contributed by atoms with Crippen molar-refractivity contribution < 1.29 is 14.3 Å². The molecule has 4 nitrogen and oxygen atoms in total. The second kappa shape index (κ2) is 4.59. The number of furan rings is 1. The molecule has 1 fully saturated rings. The molecule has 0 atom stereocenters. The third-order valence-corrected chi connectivity index (χ3v) is 2.37. The van der Waals surface area contributed by atoms with Crippen LogP contribution in [0.1, 0.15) is 11.3 Å². The molecule has 0 spiro atoms. The number of hydrogen-bond donors (Lipinski definition) is 1. The van der Waals surface area contributed by atoms with Gasteiger partial charge in [0.25, 0.3) is 0 Å². The lowest BCUT2D eigenvalue weighted by atomic mass is 10.2. The van der Waals surface area contributed by atoms with E-state index in [2.05, 4.69) is 4.90 Å². The number of nitrogens with zero attached hydrogens (tertiary/aromatic N) is 1. The van der Waals surface area contributed by atoms with Gasteiger partial charge in [-0.2, -0.15) is 0 Å². The van der Waals surface area contributed by atoms with Gasteiger partial charge in [-0.3, -0.25) is 4.90 Å². The molecule has 1 aromatic rings. The number of ether oxygens (including phenoxy) is 1. The monoisotopic (exact) mass is 197 g/mol. The van der Waals surface area contributed by atoms with E-state index in [1.807, 2.05) is 6.07 Å². The van der Waals surface area contributed by atoms with Crippen LogP contribution in [0.25, 0.3) is 0 Å². The van der Waals surface area contributed by atoms with Gasteiger partial charge < -0.3 is 14.3 Å². The minimum Gasteiger partial charge on any atom is -0.467 e. The van der Waals surface area contributed by atoms with Crippen molar-refractivity contribution >= 4 is 0 Å². The van der Waals surface area contributed by atoms with Gasteiger partial charge in [0.2, 0.25) is 0 Å². The maximum atomic E-state index is 8.83. The van der Waals surface area contributed by atoms with E-state index >= 15 is 0 Å². The van der Waals surface area contributed by atoms with Crippen LogP contribution in [0.4, 0.5) is 0 Å². The molecule has 1 aromatic heterocycles. The van der Waals surface area contributed by atoms with E-state index in [-0.39, 0.29) is 6.61 Å². The number of rotatable bonds is 3. The average molecular weight is 197 g/mol. The Kier molecular flexibility index (Phi) is 3.18. The first-order chi connectivity index (χ1) is 6.88. The summed E-state index contributed by atoms with van der Waals surface area (Å²) in [7, 11) is 0. The minimum atomic E-state index is -0.0247. The molecular formula is C10H15NO3. The highest BCUT2D eigenvalue weighted by Gasteiger charge is 2.11. The van der Waals surface area contributed by atoms with Crippen molar-refractivity contribution in [2.24, 2.45) is 0 Å². The summed E-state index contributed by atoms with van der Waals surface area (Å²) in [6.45, 7) is 4.42. The Morgan fingerprint density at radius 3 is 2.79 bits per heavy atom. The Bertz CT molecular complexity index is 279. The van der Waals surface area contributed by atoms with Crippen LogP contribution in [0.5, 0.6) is 0 Å². The van der Waals surface area contributed by atoms with E-state index in [1.165, 1.54) is 0 Å². The van der Waals surface area contributed by atoms with Gasteiger partial charge >= 0.3 is 0 Å². The van der Waals surface area contributed by atoms with Gasteiger partial charge in [0.1, 0.15) is 12.4 Å². The van der Waals surface area contributed by atoms with Crippen LogP contribution in [-0.4, -0.2) is 36.3 Å². The number of aliphatic hydroxyl groups excluding tert-OH is 1. The lowest BCUT2D eigenvalue weighted by Gasteiger charge is -2.25. The van der Waals surface area contributed by atoms with Crippen molar-refractivity contribution in [1.29, 1.82) is 0 Å². The first-order valence-electron chi connectivity index (χ1n) is 4.86. The lowest BCUT2D eigenvalue weighted by molar-refractivity contribution is 0.0341. The predicted octanol–water partition coefficient (Wildman–Crippen LogP) is 0.604. The fraction of sp³-hybridized carbons (Fsp3) is 0.600. The molecule has 0 amide bonds. The standard InChI is InChI=1S/C10H15NO3/c12-7-10-5-9(8-14-10)6-11-1-3-13-4-2-11/h5,8,12H,1-4,6-7H2. The summed E-state index contributed by atoms with van der Waals surface area (Å²) in [4.78, 5) is 2.31. The molecule has 1 N–H and O–H groups in total. The molecule has 1 aliphatic rings. The first kappa shape index (κ1) is 9.71. The van der Waals surface area contributed by atoms with E-state index in [0.717, 1.165) is 38.4 Å². The Morgan fingerprint density at radius 1 is 1.36 bits per heavy atom. The summed E-state index contributed by atoms with van der Waals surface area (Å²) in [5.74, 6) is 0.633. The maximum Gasteiger partial charge on any atom is 0.129 e. The minimum absolute atomic E-state index is 0.0247. The van der Waals surface area contributed by atoms with Crippen LogP contribution in [0.15, 0.2) is 16.7 Å². The average Bonchev–Trinajstić information content (AvgIpc) is 2.67. The first-order valence-corrected chi connectivity index (χ1v) is 4.86. The second-order valence-electron chi connectivity index (χ2n) is 3.47. The van der Waals surface area contributed by atoms with Gasteiger partial charge in [-0.25, -0.2) is 0 Å². The van der Waals surface area contributed by atoms with Gasteiger partial charge in [-0.15, -0.1) is 0 Å². The summed E-state index contributed by atoms with van der Waals surface area (Å²) in [5, 5.41) is 8.83. The SMILES string of the molecule is OCc1cc(CN2CCOCC2)co1. The van der Waals surface area contributed by atoms with E-state index in [4.69, 9.17) is 14.3 Å². The van der Waals surface area contributed by atoms with Gasteiger partial charge in [-0.05, 0) is 6.07 Å². The molecule has 78 valence electrons. The van der Waals surface area contributed by atoms with Crippen molar-refractivity contribution in [3.63, 3.8) is 0 Å². The molecule has 0 aromatic carbocycles. The topological polar surface area (TPSA) is 45.8 Å². The molecule has 2 rings (SSSR count). The van der Waals surface area contributed by atoms with Crippen molar-refractivity contribution in [1.82, 2.24) is 4.90 Å². The Balaban J connectivity index is 1.89. The van der Waals surface area contributed by atoms with Crippen molar-refractivity contribution in [3.8, 4) is 0 Å². The van der Waals surface area contributed by atoms with E-state index in [9.17, 15) is 0 Å². The van der Waals surface area contributed by atoms with Crippen molar-refractivity contribution in [2.45, 2.75) is 13.2 Å². The van der Waals surface area contributed by atoms with Gasteiger partial charge in [0.05, 0.1) is 19.5 Å². The lowest BCUT2D eigenvalue weighted by Crippen LogP contribution is -2.35. The van der Waals surface area contributed by atoms with Crippen molar-refractivity contribution in [2.75, 3.05) is 26.3 Å². The fourth-order valence-corrected chi connectivity index (χ4v) is 1.61. The summed E-state index contributed by atoms with van der Waals surface area (Å²) in [5.41, 5.74) is 1.12. The van der Waals surface area contributed by atoms with E-state index in [1.54, 1.807) is 6.26 Å². The van der Waals surface area contributed by atoms with E-state index < -0.39 is 0 Å². The highest BCUT2D eigenvalue weighted by Crippen LogP contribution is 2.11. The zero-order valence-electron chi connectivity index (χ0n) is 8.11. The highest BCUT2D eigenvalue weighted by atomic mass is 16.5. The molecule has 0 saturated carbocycles. The zero-order chi connectivity index (χ0) is 9.80. The van der Waals surface area contributed by atoms with Crippen LogP contribution in [0.2, 0.25) is 0 Å². The van der Waals surface area contributed by atoms with Crippen LogP contribution in [-0.2, 0) is 17.9 Å². The van der Waals surface area contributed by atoms with Crippen molar-refractivity contribution in [3.05, 3.63) is 23.7 Å². The maximum absolute atomic E-state index is 8.83. The Labute approximate surface area is 83.1 Å². The normalized spacial score (nSPS) is 18.6. The summed E-state index contributed by atoms with van der Waals surface area (Å²) < 4.78 is 10.4. The molecule has 0 aliphatic carbocycles. The molecule has 0 unspecified atom stereocenters. The Morgan fingerprint density at radius 2 is 2.14 bits per heavy atom. The number of aliphatic hydroxyl groups is 1. The fourth-order valence-electron chi connectivity index (χ4n) is 1.61. The van der Waals surface area contributed by atoms with Crippen LogP contribution < -0.4 is 0 Å². The van der Waals surface area contributed by atoms with Gasteiger partial charge in [0, 0.05) is 25.2 Å². The molecule has 0 radical (unpaired) electrons. The van der Waals surface area contributed by atoms with Crippen LogP contribution in [0, 0.1) is 0 Å².